The zero-order valence-corrected chi connectivity index (χ0v) is 17.1. The van der Waals surface area contributed by atoms with E-state index in [-0.39, 0.29) is 17.7 Å². The molecule has 3 rings (SSSR count). The zero-order valence-electron chi connectivity index (χ0n) is 17.1. The molecular formula is C21H26FN3O4. The third-order valence-electron chi connectivity index (χ3n) is 4.95. The largest absolute Gasteiger partial charge is 0.478 e. The van der Waals surface area contributed by atoms with Gasteiger partial charge in [0.15, 0.2) is 0 Å². The van der Waals surface area contributed by atoms with Crippen molar-refractivity contribution >= 4 is 12.1 Å². The van der Waals surface area contributed by atoms with E-state index < -0.39 is 17.4 Å². The highest BCUT2D eigenvalue weighted by Crippen LogP contribution is 2.29. The molecule has 1 aromatic carbocycles. The average molecular weight is 403 g/mol. The Balaban J connectivity index is 1.71. The molecule has 8 heteroatoms. The molecule has 0 spiro atoms. The lowest BCUT2D eigenvalue weighted by atomic mass is 10.00. The van der Waals surface area contributed by atoms with Crippen LogP contribution in [0.4, 0.5) is 9.18 Å². The third-order valence-corrected chi connectivity index (χ3v) is 4.95. The standard InChI is InChI=1S/C21H26FN3O4/c1-13-9-18(22)17(19(26)27)10-16(13)14-11-23-25(12-14)15-5-7-24(8-6-15)20(28)29-21(2,3)4/h9-12,15H,5-8H2,1-4H3,(H,26,27). The minimum absolute atomic E-state index is 0.127. The molecule has 1 aliphatic heterocycles. The number of aromatic carboxylic acids is 1. The molecule has 1 saturated heterocycles. The molecule has 7 nitrogen and oxygen atoms in total. The van der Waals surface area contributed by atoms with Gasteiger partial charge in [-0.15, -0.1) is 0 Å². The number of piperidine rings is 1. The summed E-state index contributed by atoms with van der Waals surface area (Å²) < 4.78 is 21.1. The van der Waals surface area contributed by atoms with Crippen LogP contribution in [0, 0.1) is 12.7 Å². The van der Waals surface area contributed by atoms with Crippen LogP contribution in [0.15, 0.2) is 24.5 Å². The SMILES string of the molecule is Cc1cc(F)c(C(=O)O)cc1-c1cnn(C2CCN(C(=O)OC(C)(C)C)CC2)c1. The predicted molar refractivity (Wildman–Crippen MR) is 105 cm³/mol. The van der Waals surface area contributed by atoms with Crippen LogP contribution in [-0.4, -0.2) is 50.5 Å². The molecule has 2 aromatic rings. The van der Waals surface area contributed by atoms with Gasteiger partial charge >= 0.3 is 12.1 Å². The fraction of sp³-hybridized carbons (Fsp3) is 0.476. The van der Waals surface area contributed by atoms with E-state index in [1.165, 1.54) is 12.1 Å². The normalized spacial score (nSPS) is 15.4. The number of carboxylic acid groups (broad SMARTS) is 1. The van der Waals surface area contributed by atoms with Gasteiger partial charge in [0.05, 0.1) is 17.8 Å². The van der Waals surface area contributed by atoms with Crippen LogP contribution in [0.3, 0.4) is 0 Å². The summed E-state index contributed by atoms with van der Waals surface area (Å²) in [5.41, 5.74) is 1.14. The number of amides is 1. The van der Waals surface area contributed by atoms with Crippen LogP contribution < -0.4 is 0 Å². The van der Waals surface area contributed by atoms with Crippen LogP contribution >= 0.6 is 0 Å². The van der Waals surface area contributed by atoms with Gasteiger partial charge in [-0.2, -0.15) is 5.10 Å². The molecule has 0 atom stereocenters. The highest BCUT2D eigenvalue weighted by Gasteiger charge is 2.28. The molecule has 0 saturated carbocycles. The summed E-state index contributed by atoms with van der Waals surface area (Å²) in [5.74, 6) is -2.05. The zero-order chi connectivity index (χ0) is 21.3. The summed E-state index contributed by atoms with van der Waals surface area (Å²) in [6, 6.07) is 2.71. The van der Waals surface area contributed by atoms with Crippen molar-refractivity contribution in [2.45, 2.75) is 52.2 Å². The number of carboxylic acids is 1. The van der Waals surface area contributed by atoms with E-state index in [0.29, 0.717) is 24.2 Å². The topological polar surface area (TPSA) is 84.7 Å². The van der Waals surface area contributed by atoms with Crippen molar-refractivity contribution in [2.24, 2.45) is 0 Å². The van der Waals surface area contributed by atoms with Gasteiger partial charge in [0.1, 0.15) is 11.4 Å². The van der Waals surface area contributed by atoms with E-state index in [9.17, 15) is 19.1 Å². The van der Waals surface area contributed by atoms with Gasteiger partial charge in [0, 0.05) is 24.8 Å². The molecule has 29 heavy (non-hydrogen) atoms. The van der Waals surface area contributed by atoms with E-state index in [1.807, 2.05) is 31.6 Å². The summed E-state index contributed by atoms with van der Waals surface area (Å²) in [7, 11) is 0. The van der Waals surface area contributed by atoms with Crippen LogP contribution in [0.5, 0.6) is 0 Å². The Kier molecular flexibility index (Phi) is 5.64. The van der Waals surface area contributed by atoms with Crippen LogP contribution in [-0.2, 0) is 4.74 Å². The number of aryl methyl sites for hydroxylation is 1. The lowest BCUT2D eigenvalue weighted by molar-refractivity contribution is 0.0184. The molecule has 0 aliphatic carbocycles. The van der Waals surface area contributed by atoms with E-state index in [2.05, 4.69) is 5.10 Å². The molecule has 2 heterocycles. The maximum atomic E-state index is 13.9. The smallest absolute Gasteiger partial charge is 0.410 e. The molecule has 156 valence electrons. The van der Waals surface area contributed by atoms with E-state index in [4.69, 9.17) is 4.74 Å². The van der Waals surface area contributed by atoms with Crippen molar-refractivity contribution in [3.05, 3.63) is 41.5 Å². The fourth-order valence-corrected chi connectivity index (χ4v) is 3.46. The second-order valence-electron chi connectivity index (χ2n) is 8.36. The molecule has 0 bridgehead atoms. The molecular weight excluding hydrogens is 377 g/mol. The van der Waals surface area contributed by atoms with Gasteiger partial charge in [0.25, 0.3) is 0 Å². The number of aromatic nitrogens is 2. The van der Waals surface area contributed by atoms with E-state index in [0.717, 1.165) is 18.4 Å². The Morgan fingerprint density at radius 1 is 1.24 bits per heavy atom. The Morgan fingerprint density at radius 3 is 2.48 bits per heavy atom. The molecule has 1 fully saturated rings. The Hall–Kier alpha value is -2.90. The second-order valence-corrected chi connectivity index (χ2v) is 8.36. The number of hydrogen-bond donors (Lipinski definition) is 1. The van der Waals surface area contributed by atoms with E-state index in [1.54, 1.807) is 18.0 Å². The first-order valence-corrected chi connectivity index (χ1v) is 9.61. The summed E-state index contributed by atoms with van der Waals surface area (Å²) in [6.07, 6.45) is 4.68. The number of hydrogen-bond acceptors (Lipinski definition) is 4. The predicted octanol–water partition coefficient (Wildman–Crippen LogP) is 4.27. The Labute approximate surface area is 169 Å². The summed E-state index contributed by atoms with van der Waals surface area (Å²) in [5, 5.41) is 13.6. The van der Waals surface area contributed by atoms with Crippen molar-refractivity contribution in [1.82, 2.24) is 14.7 Å². The highest BCUT2D eigenvalue weighted by atomic mass is 19.1. The monoisotopic (exact) mass is 403 g/mol. The lowest BCUT2D eigenvalue weighted by Crippen LogP contribution is -2.42. The Bertz CT molecular complexity index is 924. The van der Waals surface area contributed by atoms with Crippen molar-refractivity contribution in [3.8, 4) is 11.1 Å². The summed E-state index contributed by atoms with van der Waals surface area (Å²) >= 11 is 0. The number of carbonyl (C=O) groups excluding carboxylic acids is 1. The van der Waals surface area contributed by atoms with Gasteiger partial charge in [-0.3, -0.25) is 4.68 Å². The molecule has 1 N–H and O–H groups in total. The number of carbonyl (C=O) groups is 2. The van der Waals surface area contributed by atoms with Gasteiger partial charge in [-0.05, 0) is 63.8 Å². The maximum absolute atomic E-state index is 13.9. The number of rotatable bonds is 3. The van der Waals surface area contributed by atoms with Crippen LogP contribution in [0.25, 0.3) is 11.1 Å². The Morgan fingerprint density at radius 2 is 1.90 bits per heavy atom. The molecule has 1 aromatic heterocycles. The number of likely N-dealkylation sites (tertiary alicyclic amines) is 1. The number of benzene rings is 1. The quantitative estimate of drug-likeness (QED) is 0.827. The van der Waals surface area contributed by atoms with Gasteiger partial charge in [-0.25, -0.2) is 14.0 Å². The van der Waals surface area contributed by atoms with Crippen molar-refractivity contribution < 1.29 is 23.8 Å². The van der Waals surface area contributed by atoms with Crippen LogP contribution in [0.1, 0.15) is 55.6 Å². The van der Waals surface area contributed by atoms with Crippen molar-refractivity contribution in [3.63, 3.8) is 0 Å². The minimum atomic E-state index is -1.30. The number of nitrogens with zero attached hydrogens (tertiary/aromatic N) is 3. The van der Waals surface area contributed by atoms with E-state index >= 15 is 0 Å². The number of halogens is 1. The first-order valence-electron chi connectivity index (χ1n) is 9.61. The summed E-state index contributed by atoms with van der Waals surface area (Å²) in [6.45, 7) is 8.42. The lowest BCUT2D eigenvalue weighted by Gasteiger charge is -2.33. The molecule has 0 unspecified atom stereocenters. The van der Waals surface area contributed by atoms with Crippen molar-refractivity contribution in [2.75, 3.05) is 13.1 Å². The third kappa shape index (κ3) is 4.75. The fourth-order valence-electron chi connectivity index (χ4n) is 3.46. The minimum Gasteiger partial charge on any atom is -0.478 e. The number of ether oxygens (including phenoxy) is 1. The molecule has 0 radical (unpaired) electrons. The first-order chi connectivity index (χ1) is 13.5. The molecule has 1 amide bonds. The summed E-state index contributed by atoms with van der Waals surface area (Å²) in [4.78, 5) is 25.1. The van der Waals surface area contributed by atoms with Gasteiger partial charge in [-0.1, -0.05) is 0 Å². The molecule has 1 aliphatic rings. The maximum Gasteiger partial charge on any atom is 0.410 e. The second kappa shape index (κ2) is 7.85. The van der Waals surface area contributed by atoms with Crippen LogP contribution in [0.2, 0.25) is 0 Å². The van der Waals surface area contributed by atoms with Gasteiger partial charge < -0.3 is 14.7 Å². The average Bonchev–Trinajstić information content (AvgIpc) is 3.10. The first kappa shape index (κ1) is 20.8. The highest BCUT2D eigenvalue weighted by molar-refractivity contribution is 5.90. The van der Waals surface area contributed by atoms with Gasteiger partial charge in [0.2, 0.25) is 0 Å². The van der Waals surface area contributed by atoms with Crippen molar-refractivity contribution in [1.29, 1.82) is 0 Å².